The van der Waals surface area contributed by atoms with E-state index in [0.29, 0.717) is 29.6 Å². The molecule has 2 aromatic rings. The minimum atomic E-state index is -0.325. The van der Waals surface area contributed by atoms with Crippen LogP contribution in [0.1, 0.15) is 38.0 Å². The van der Waals surface area contributed by atoms with Crippen LogP contribution in [0.15, 0.2) is 42.5 Å². The van der Waals surface area contributed by atoms with E-state index in [0.717, 1.165) is 38.1 Å². The molecule has 1 amide bonds. The molecule has 1 saturated heterocycles. The van der Waals surface area contributed by atoms with E-state index in [1.54, 1.807) is 36.4 Å². The molecule has 1 heterocycles. The Kier molecular flexibility index (Phi) is 6.87. The summed E-state index contributed by atoms with van der Waals surface area (Å²) in [7, 11) is 1.92. The smallest absolute Gasteiger partial charge is 0.255 e. The van der Waals surface area contributed by atoms with Crippen LogP contribution < -0.4 is 20.3 Å². The largest absolute Gasteiger partial charge is 0.494 e. The van der Waals surface area contributed by atoms with Gasteiger partial charge >= 0.3 is 0 Å². The van der Waals surface area contributed by atoms with Crippen molar-refractivity contribution < 1.29 is 15.3 Å². The number of carbonyl (C=O) groups is 1. The summed E-state index contributed by atoms with van der Waals surface area (Å²) in [6.45, 7) is 4.38. The molecule has 0 bridgehead atoms. The van der Waals surface area contributed by atoms with Crippen LogP contribution in [0.2, 0.25) is 0 Å². The summed E-state index contributed by atoms with van der Waals surface area (Å²) in [6, 6.07) is 12.2. The Labute approximate surface area is 167 Å². The highest BCUT2D eigenvalue weighted by Gasteiger charge is 2.23. The van der Waals surface area contributed by atoms with Crippen molar-refractivity contribution in [1.29, 1.82) is 0 Å². The Morgan fingerprint density at radius 3 is 2.71 bits per heavy atom. The van der Waals surface area contributed by atoms with Crippen LogP contribution in [0.5, 0.6) is 5.75 Å². The highest BCUT2D eigenvalue weighted by atomic mass is 19.1. The number of carbonyl (C=O) groups excluding carboxylic acids is 1. The van der Waals surface area contributed by atoms with Crippen LogP contribution in [-0.4, -0.2) is 38.7 Å². The number of unbranched alkanes of at least 4 members (excludes halogenated alkanes) is 1. The zero-order valence-corrected chi connectivity index (χ0v) is 16.5. The zero-order valence-electron chi connectivity index (χ0n) is 16.5. The van der Waals surface area contributed by atoms with E-state index < -0.39 is 0 Å². The number of benzene rings is 2. The number of ether oxygens (including phenoxy) is 1. The van der Waals surface area contributed by atoms with Crippen LogP contribution in [-0.2, 0) is 0 Å². The van der Waals surface area contributed by atoms with Crippen molar-refractivity contribution in [3.63, 3.8) is 0 Å². The Morgan fingerprint density at radius 1 is 1.29 bits per heavy atom. The van der Waals surface area contributed by atoms with Gasteiger partial charge in [-0.15, -0.1) is 0 Å². The lowest BCUT2D eigenvalue weighted by molar-refractivity contribution is 0.102. The van der Waals surface area contributed by atoms with Gasteiger partial charge in [-0.3, -0.25) is 4.79 Å². The number of nitrogens with zero attached hydrogens (tertiary/aromatic N) is 1. The van der Waals surface area contributed by atoms with Crippen LogP contribution in [0, 0.1) is 5.82 Å². The number of nitrogens with one attached hydrogen (secondary N) is 2. The number of halogens is 1. The average Bonchev–Trinajstić information content (AvgIpc) is 3.18. The third kappa shape index (κ3) is 5.01. The summed E-state index contributed by atoms with van der Waals surface area (Å²) >= 11 is 0. The standard InChI is InChI=1S/C22H28FN3O2.H2/c1-3-4-13-28-19-8-5-16(6-9-19)22(27)25-17-7-10-21(20(23)14-17)26-12-11-18(15-26)24-2;/h5-10,14,18,24H,3-4,11-13,15H2,1-2H3,(H,25,27);1H. The number of likely N-dealkylation sites (N-methyl/N-ethyl adjacent to an activating group) is 1. The van der Waals surface area contributed by atoms with Crippen LogP contribution in [0.4, 0.5) is 15.8 Å². The molecule has 152 valence electrons. The van der Waals surface area contributed by atoms with Crippen LogP contribution in [0.3, 0.4) is 0 Å². The third-order valence-corrected chi connectivity index (χ3v) is 5.03. The molecule has 1 atom stereocenters. The van der Waals surface area contributed by atoms with E-state index >= 15 is 0 Å². The summed E-state index contributed by atoms with van der Waals surface area (Å²) in [5, 5.41) is 5.98. The molecule has 1 fully saturated rings. The van der Waals surface area contributed by atoms with Crippen molar-refractivity contribution in [2.75, 3.05) is 37.0 Å². The molecular formula is C22H30FN3O2. The van der Waals surface area contributed by atoms with Crippen LogP contribution in [0.25, 0.3) is 0 Å². The summed E-state index contributed by atoms with van der Waals surface area (Å²) in [5.41, 5.74) is 1.52. The van der Waals surface area contributed by atoms with Crippen molar-refractivity contribution in [3.8, 4) is 5.75 Å². The predicted octanol–water partition coefficient (Wildman–Crippen LogP) is 4.30. The molecule has 28 heavy (non-hydrogen) atoms. The fourth-order valence-corrected chi connectivity index (χ4v) is 3.30. The highest BCUT2D eigenvalue weighted by Crippen LogP contribution is 2.26. The van der Waals surface area contributed by atoms with E-state index in [1.165, 1.54) is 6.07 Å². The maximum Gasteiger partial charge on any atom is 0.255 e. The number of amides is 1. The number of hydrogen-bond donors (Lipinski definition) is 2. The molecule has 6 heteroatoms. The fourth-order valence-electron chi connectivity index (χ4n) is 3.30. The second-order valence-electron chi connectivity index (χ2n) is 7.07. The van der Waals surface area contributed by atoms with Gasteiger partial charge in [0.15, 0.2) is 0 Å². The second-order valence-corrected chi connectivity index (χ2v) is 7.07. The molecule has 0 radical (unpaired) electrons. The average molecular weight is 387 g/mol. The molecule has 1 aliphatic heterocycles. The molecule has 0 aliphatic carbocycles. The fraction of sp³-hybridized carbons (Fsp3) is 0.409. The summed E-state index contributed by atoms with van der Waals surface area (Å²) < 4.78 is 20.2. The van der Waals surface area contributed by atoms with E-state index in [2.05, 4.69) is 17.6 Å². The lowest BCUT2D eigenvalue weighted by Gasteiger charge is -2.20. The van der Waals surface area contributed by atoms with Gasteiger partial charge in [-0.05, 0) is 62.4 Å². The lowest BCUT2D eigenvalue weighted by atomic mass is 10.2. The number of hydrogen-bond acceptors (Lipinski definition) is 4. The molecule has 2 aromatic carbocycles. The predicted molar refractivity (Wildman–Crippen MR) is 113 cm³/mol. The molecule has 3 rings (SSSR count). The van der Waals surface area contributed by atoms with E-state index in [4.69, 9.17) is 4.74 Å². The molecule has 1 aliphatic rings. The SMILES string of the molecule is CCCCOc1ccc(C(=O)Nc2ccc(N3CCC(NC)C3)c(F)c2)cc1.[HH]. The number of anilines is 2. The molecular weight excluding hydrogens is 357 g/mol. The first-order valence-electron chi connectivity index (χ1n) is 9.86. The Hall–Kier alpha value is -2.60. The Morgan fingerprint density at radius 2 is 2.07 bits per heavy atom. The Balaban J connectivity index is 0.00000300. The van der Waals surface area contributed by atoms with Crippen molar-refractivity contribution >= 4 is 17.3 Å². The molecule has 1 unspecified atom stereocenters. The van der Waals surface area contributed by atoms with Gasteiger partial charge in [0.05, 0.1) is 12.3 Å². The van der Waals surface area contributed by atoms with Crippen LogP contribution >= 0.6 is 0 Å². The minimum Gasteiger partial charge on any atom is -0.494 e. The van der Waals surface area contributed by atoms with Gasteiger partial charge in [-0.25, -0.2) is 4.39 Å². The van der Waals surface area contributed by atoms with E-state index in [9.17, 15) is 9.18 Å². The normalized spacial score (nSPS) is 16.2. The highest BCUT2D eigenvalue weighted by molar-refractivity contribution is 6.04. The molecule has 0 aromatic heterocycles. The monoisotopic (exact) mass is 387 g/mol. The second kappa shape index (κ2) is 9.55. The topological polar surface area (TPSA) is 53.6 Å². The summed E-state index contributed by atoms with van der Waals surface area (Å²) in [4.78, 5) is 14.5. The quantitative estimate of drug-likeness (QED) is 0.663. The molecule has 5 nitrogen and oxygen atoms in total. The van der Waals surface area contributed by atoms with Gasteiger partial charge < -0.3 is 20.3 Å². The van der Waals surface area contributed by atoms with Gasteiger partial charge in [0, 0.05) is 31.8 Å². The molecule has 0 saturated carbocycles. The van der Waals surface area contributed by atoms with Crippen molar-refractivity contribution in [1.82, 2.24) is 5.32 Å². The Bertz CT molecular complexity index is 801. The van der Waals surface area contributed by atoms with Gasteiger partial charge in [0.25, 0.3) is 5.91 Å². The van der Waals surface area contributed by atoms with Crippen molar-refractivity contribution in [2.45, 2.75) is 32.2 Å². The summed E-state index contributed by atoms with van der Waals surface area (Å²) in [5.74, 6) is 0.142. The van der Waals surface area contributed by atoms with E-state index in [1.807, 2.05) is 11.9 Å². The van der Waals surface area contributed by atoms with Gasteiger partial charge in [-0.2, -0.15) is 0 Å². The first-order valence-corrected chi connectivity index (χ1v) is 9.86. The maximum atomic E-state index is 14.6. The van der Waals surface area contributed by atoms with E-state index in [-0.39, 0.29) is 13.2 Å². The lowest BCUT2D eigenvalue weighted by Crippen LogP contribution is -2.29. The molecule has 2 N–H and O–H groups in total. The zero-order chi connectivity index (χ0) is 19.9. The van der Waals surface area contributed by atoms with Gasteiger partial charge in [-0.1, -0.05) is 13.3 Å². The minimum absolute atomic E-state index is 0. The molecule has 0 spiro atoms. The third-order valence-electron chi connectivity index (χ3n) is 5.03. The maximum absolute atomic E-state index is 14.6. The van der Waals surface area contributed by atoms with Crippen molar-refractivity contribution in [3.05, 3.63) is 53.8 Å². The van der Waals surface area contributed by atoms with Crippen molar-refractivity contribution in [2.24, 2.45) is 0 Å². The van der Waals surface area contributed by atoms with Gasteiger partial charge in [0.2, 0.25) is 0 Å². The first-order chi connectivity index (χ1) is 13.6. The number of rotatable bonds is 8. The first kappa shape index (κ1) is 20.1. The summed E-state index contributed by atoms with van der Waals surface area (Å²) in [6.07, 6.45) is 3.06. The van der Waals surface area contributed by atoms with Gasteiger partial charge in [0.1, 0.15) is 11.6 Å².